The quantitative estimate of drug-likeness (QED) is 0.573. The number of carbonyl (C=O) groups excluding carboxylic acids is 1. The van der Waals surface area contributed by atoms with E-state index < -0.39 is 0 Å². The van der Waals surface area contributed by atoms with Gasteiger partial charge in [-0.2, -0.15) is 0 Å². The van der Waals surface area contributed by atoms with Crippen molar-refractivity contribution in [3.05, 3.63) is 0 Å². The fraction of sp³-hybridized carbons (Fsp3) is 0.714. The van der Waals surface area contributed by atoms with E-state index >= 15 is 0 Å². The lowest BCUT2D eigenvalue weighted by Crippen LogP contribution is -2.38. The normalized spacial score (nSPS) is 25.7. The molecule has 0 spiro atoms. The number of ketones is 1. The highest BCUT2D eigenvalue weighted by atomic mass is 32.1. The molecule has 1 atom stereocenters. The van der Waals surface area contributed by atoms with Gasteiger partial charge in [0.05, 0.1) is 10.9 Å². The molecule has 0 amide bonds. The Morgan fingerprint density at radius 3 is 2.90 bits per heavy atom. The zero-order chi connectivity index (χ0) is 7.56. The van der Waals surface area contributed by atoms with Crippen LogP contribution in [0, 0.1) is 5.92 Å². The van der Waals surface area contributed by atoms with Gasteiger partial charge in [0.1, 0.15) is 5.78 Å². The molecule has 3 heteroatoms. The zero-order valence-corrected chi connectivity index (χ0v) is 6.83. The van der Waals surface area contributed by atoms with Gasteiger partial charge in [-0.1, -0.05) is 12.2 Å². The fourth-order valence-electron chi connectivity index (χ4n) is 1.16. The van der Waals surface area contributed by atoms with Crippen molar-refractivity contribution in [3.8, 4) is 0 Å². The number of thiocarbonyl (C=S) groups is 1. The minimum atomic E-state index is 0.00347. The van der Waals surface area contributed by atoms with E-state index in [2.05, 4.69) is 5.32 Å². The minimum Gasteiger partial charge on any atom is -0.379 e. The maximum Gasteiger partial charge on any atom is 0.139 e. The first-order valence-corrected chi connectivity index (χ1v) is 3.91. The number of rotatable bonds is 1. The maximum absolute atomic E-state index is 10.9. The van der Waals surface area contributed by atoms with Gasteiger partial charge >= 0.3 is 0 Å². The number of Topliss-reactive ketones (excluding diaryl/α,β-unsaturated/α-hetero) is 1. The van der Waals surface area contributed by atoms with Gasteiger partial charge in [-0.15, -0.1) is 0 Å². The van der Waals surface area contributed by atoms with Crippen LogP contribution in [-0.4, -0.2) is 17.3 Å². The third-order valence-electron chi connectivity index (χ3n) is 1.78. The second-order valence-electron chi connectivity index (χ2n) is 2.60. The number of hydrogen-bond donors (Lipinski definition) is 1. The van der Waals surface area contributed by atoms with Gasteiger partial charge < -0.3 is 5.32 Å². The molecule has 56 valence electrons. The highest BCUT2D eigenvalue weighted by molar-refractivity contribution is 7.80. The lowest BCUT2D eigenvalue weighted by Gasteiger charge is -2.21. The van der Waals surface area contributed by atoms with Crippen LogP contribution in [-0.2, 0) is 4.79 Å². The second-order valence-corrected chi connectivity index (χ2v) is 3.04. The second kappa shape index (κ2) is 3.10. The highest BCUT2D eigenvalue weighted by Gasteiger charge is 2.21. The van der Waals surface area contributed by atoms with Crippen molar-refractivity contribution in [2.45, 2.75) is 19.8 Å². The van der Waals surface area contributed by atoms with E-state index in [1.165, 1.54) is 0 Å². The number of nitrogens with one attached hydrogen (secondary N) is 1. The summed E-state index contributed by atoms with van der Waals surface area (Å²) in [4.78, 5) is 11.6. The topological polar surface area (TPSA) is 29.1 Å². The maximum atomic E-state index is 10.9. The van der Waals surface area contributed by atoms with Crippen LogP contribution in [0.2, 0.25) is 0 Å². The van der Waals surface area contributed by atoms with Crippen LogP contribution in [0.25, 0.3) is 0 Å². The zero-order valence-electron chi connectivity index (χ0n) is 6.02. The Balaban J connectivity index is 2.56. The van der Waals surface area contributed by atoms with Crippen molar-refractivity contribution in [1.29, 1.82) is 0 Å². The molecule has 1 unspecified atom stereocenters. The van der Waals surface area contributed by atoms with E-state index in [9.17, 15) is 4.79 Å². The van der Waals surface area contributed by atoms with E-state index in [1.807, 2.05) is 0 Å². The summed E-state index contributed by atoms with van der Waals surface area (Å²) in [5, 5.41) is 3.02. The molecule has 0 saturated carbocycles. The number of hydrogen-bond acceptors (Lipinski definition) is 2. The molecular formula is C7H11NOS. The first kappa shape index (κ1) is 7.66. The number of piperidine rings is 1. The fourth-order valence-corrected chi connectivity index (χ4v) is 1.55. The van der Waals surface area contributed by atoms with E-state index in [0.29, 0.717) is 0 Å². The molecule has 10 heavy (non-hydrogen) atoms. The number of carbonyl (C=O) groups is 1. The van der Waals surface area contributed by atoms with Gasteiger partial charge in [-0.3, -0.25) is 4.79 Å². The summed E-state index contributed by atoms with van der Waals surface area (Å²) in [7, 11) is 0. The van der Waals surface area contributed by atoms with Crippen molar-refractivity contribution in [1.82, 2.24) is 5.32 Å². The molecule has 0 aromatic heterocycles. The van der Waals surface area contributed by atoms with E-state index in [0.717, 1.165) is 24.4 Å². The van der Waals surface area contributed by atoms with E-state index in [4.69, 9.17) is 12.2 Å². The molecule has 1 aliphatic rings. The molecular weight excluding hydrogens is 146 g/mol. The summed E-state index contributed by atoms with van der Waals surface area (Å²) >= 11 is 4.97. The van der Waals surface area contributed by atoms with Crippen molar-refractivity contribution in [3.63, 3.8) is 0 Å². The SMILES string of the molecule is CC(=O)C1CCCNC1=S. The van der Waals surface area contributed by atoms with Crippen molar-refractivity contribution < 1.29 is 4.79 Å². The van der Waals surface area contributed by atoms with Gasteiger partial charge in [0.15, 0.2) is 0 Å². The summed E-state index contributed by atoms with van der Waals surface area (Å²) in [6.45, 7) is 2.53. The van der Waals surface area contributed by atoms with Crippen LogP contribution < -0.4 is 5.32 Å². The lowest BCUT2D eigenvalue weighted by molar-refractivity contribution is -0.119. The van der Waals surface area contributed by atoms with Crippen LogP contribution in [0.15, 0.2) is 0 Å². The van der Waals surface area contributed by atoms with Gasteiger partial charge in [0.2, 0.25) is 0 Å². The third-order valence-corrected chi connectivity index (χ3v) is 2.20. The van der Waals surface area contributed by atoms with Gasteiger partial charge in [0.25, 0.3) is 0 Å². The van der Waals surface area contributed by atoms with Crippen LogP contribution in [0.4, 0.5) is 0 Å². The molecule has 1 heterocycles. The molecule has 1 saturated heterocycles. The molecule has 1 fully saturated rings. The first-order chi connectivity index (χ1) is 4.72. The molecule has 1 N–H and O–H groups in total. The minimum absolute atomic E-state index is 0.00347. The molecule has 1 rings (SSSR count). The Morgan fingerprint density at radius 1 is 1.80 bits per heavy atom. The summed E-state index contributed by atoms with van der Waals surface area (Å²) < 4.78 is 0. The molecule has 0 bridgehead atoms. The predicted molar refractivity (Wildman–Crippen MR) is 44.0 cm³/mol. The van der Waals surface area contributed by atoms with Crippen LogP contribution in [0.1, 0.15) is 19.8 Å². The van der Waals surface area contributed by atoms with Crippen molar-refractivity contribution in [2.24, 2.45) is 5.92 Å². The van der Waals surface area contributed by atoms with Gasteiger partial charge in [-0.25, -0.2) is 0 Å². The lowest BCUT2D eigenvalue weighted by atomic mass is 9.96. The summed E-state index contributed by atoms with van der Waals surface area (Å²) in [5.41, 5.74) is 0. The monoisotopic (exact) mass is 157 g/mol. The standard InChI is InChI=1S/C7H11NOS/c1-5(9)6-3-2-4-8-7(6)10/h6H,2-4H2,1H3,(H,8,10). The Hall–Kier alpha value is -0.440. The van der Waals surface area contributed by atoms with E-state index in [1.54, 1.807) is 6.92 Å². The Labute approximate surface area is 66.0 Å². The van der Waals surface area contributed by atoms with E-state index in [-0.39, 0.29) is 11.7 Å². The largest absolute Gasteiger partial charge is 0.379 e. The van der Waals surface area contributed by atoms with Crippen molar-refractivity contribution in [2.75, 3.05) is 6.54 Å². The average Bonchev–Trinajstić information content (AvgIpc) is 1.88. The van der Waals surface area contributed by atoms with Gasteiger partial charge in [-0.05, 0) is 19.8 Å². The third kappa shape index (κ3) is 1.53. The predicted octanol–water partition coefficient (Wildman–Crippen LogP) is 0.902. The average molecular weight is 157 g/mol. The first-order valence-electron chi connectivity index (χ1n) is 3.50. The summed E-state index contributed by atoms with van der Waals surface area (Å²) in [5.74, 6) is 0.195. The summed E-state index contributed by atoms with van der Waals surface area (Å²) in [6.07, 6.45) is 1.99. The van der Waals surface area contributed by atoms with Crippen LogP contribution >= 0.6 is 12.2 Å². The molecule has 0 aromatic carbocycles. The Bertz CT molecular complexity index is 167. The van der Waals surface area contributed by atoms with Crippen LogP contribution in [0.3, 0.4) is 0 Å². The smallest absolute Gasteiger partial charge is 0.139 e. The molecule has 0 radical (unpaired) electrons. The summed E-state index contributed by atoms with van der Waals surface area (Å²) in [6, 6.07) is 0. The van der Waals surface area contributed by atoms with Gasteiger partial charge in [0, 0.05) is 6.54 Å². The Kier molecular flexibility index (Phi) is 2.38. The molecule has 0 aliphatic carbocycles. The molecule has 0 aromatic rings. The molecule has 2 nitrogen and oxygen atoms in total. The van der Waals surface area contributed by atoms with Crippen molar-refractivity contribution >= 4 is 23.0 Å². The molecule has 1 aliphatic heterocycles. The highest BCUT2D eigenvalue weighted by Crippen LogP contribution is 2.12. The van der Waals surface area contributed by atoms with Crippen LogP contribution in [0.5, 0.6) is 0 Å². The Morgan fingerprint density at radius 2 is 2.50 bits per heavy atom.